The number of hydrogen-bond acceptors (Lipinski definition) is 3. The number of para-hydroxylation sites is 1. The van der Waals surface area contributed by atoms with Gasteiger partial charge in [-0.15, -0.1) is 0 Å². The zero-order valence-corrected chi connectivity index (χ0v) is 16.0. The predicted octanol–water partition coefficient (Wildman–Crippen LogP) is 2.03. The van der Waals surface area contributed by atoms with Gasteiger partial charge < -0.3 is 20.7 Å². The van der Waals surface area contributed by atoms with Gasteiger partial charge in [-0.25, -0.2) is 4.79 Å². The molecule has 4 N–H and O–H groups in total. The van der Waals surface area contributed by atoms with Gasteiger partial charge in [0, 0.05) is 36.9 Å². The first kappa shape index (κ1) is 20.1. The Kier molecular flexibility index (Phi) is 6.29. The number of carbonyl (C=O) groups excluding carboxylic acids is 2. The second-order valence-corrected chi connectivity index (χ2v) is 6.91. The maximum absolute atomic E-state index is 12.8. The van der Waals surface area contributed by atoms with Gasteiger partial charge in [0.25, 0.3) is 0 Å². The highest BCUT2D eigenvalue weighted by atomic mass is 16.4. The van der Waals surface area contributed by atoms with E-state index in [-0.39, 0.29) is 18.7 Å². The number of aromatic amines is 1. The minimum absolute atomic E-state index is 0.128. The van der Waals surface area contributed by atoms with E-state index in [0.717, 1.165) is 22.0 Å². The van der Waals surface area contributed by atoms with Crippen LogP contribution in [0.15, 0.2) is 60.8 Å². The first-order valence-electron chi connectivity index (χ1n) is 9.33. The van der Waals surface area contributed by atoms with Crippen molar-refractivity contribution in [2.24, 2.45) is 0 Å². The van der Waals surface area contributed by atoms with Crippen LogP contribution in [-0.2, 0) is 27.2 Å². The summed E-state index contributed by atoms with van der Waals surface area (Å²) in [5.41, 5.74) is 2.57. The number of hydrogen-bond donors (Lipinski definition) is 4. The molecule has 0 aliphatic carbocycles. The number of nitrogens with one attached hydrogen (secondary N) is 3. The highest BCUT2D eigenvalue weighted by molar-refractivity contribution is 5.91. The number of fused-ring (bicyclic) bond motifs is 1. The summed E-state index contributed by atoms with van der Waals surface area (Å²) in [7, 11) is 0. The molecule has 2 aromatic carbocycles. The van der Waals surface area contributed by atoms with Crippen molar-refractivity contribution in [2.75, 3.05) is 0 Å². The average Bonchev–Trinajstić information content (AvgIpc) is 3.10. The third-order valence-electron chi connectivity index (χ3n) is 4.69. The molecule has 0 spiro atoms. The van der Waals surface area contributed by atoms with E-state index in [1.807, 2.05) is 54.6 Å². The van der Waals surface area contributed by atoms with E-state index in [9.17, 15) is 19.5 Å². The van der Waals surface area contributed by atoms with Gasteiger partial charge in [-0.2, -0.15) is 0 Å². The Morgan fingerprint density at radius 1 is 0.931 bits per heavy atom. The van der Waals surface area contributed by atoms with Gasteiger partial charge >= 0.3 is 5.97 Å². The molecule has 0 fully saturated rings. The van der Waals surface area contributed by atoms with Crippen LogP contribution in [0, 0.1) is 0 Å². The fourth-order valence-corrected chi connectivity index (χ4v) is 3.30. The van der Waals surface area contributed by atoms with Gasteiger partial charge in [-0.1, -0.05) is 48.5 Å². The topological polar surface area (TPSA) is 111 Å². The molecular weight excluding hydrogens is 370 g/mol. The Morgan fingerprint density at radius 3 is 2.31 bits per heavy atom. The summed E-state index contributed by atoms with van der Waals surface area (Å²) in [5.74, 6) is -2.02. The summed E-state index contributed by atoms with van der Waals surface area (Å²) >= 11 is 0. The molecule has 2 amide bonds. The standard InChI is InChI=1S/C22H23N3O4/c1-14(26)24-19(11-15-7-3-2-4-8-15)21(27)25-20(22(28)29)12-16-13-23-18-10-6-5-9-17(16)18/h2-10,13,19-20,23H,11-12H2,1H3,(H,24,26)(H,25,27)(H,28,29). The van der Waals surface area contributed by atoms with E-state index >= 15 is 0 Å². The molecule has 1 heterocycles. The van der Waals surface area contributed by atoms with E-state index in [4.69, 9.17) is 0 Å². The Bertz CT molecular complexity index is 1010. The summed E-state index contributed by atoms with van der Waals surface area (Å²) < 4.78 is 0. The monoisotopic (exact) mass is 393 g/mol. The van der Waals surface area contributed by atoms with Gasteiger partial charge in [0.05, 0.1) is 0 Å². The molecule has 0 saturated carbocycles. The van der Waals surface area contributed by atoms with Crippen LogP contribution in [0.4, 0.5) is 0 Å². The van der Waals surface area contributed by atoms with Crippen LogP contribution in [0.3, 0.4) is 0 Å². The maximum Gasteiger partial charge on any atom is 0.326 e. The van der Waals surface area contributed by atoms with Crippen molar-refractivity contribution >= 4 is 28.7 Å². The van der Waals surface area contributed by atoms with Crippen LogP contribution in [0.5, 0.6) is 0 Å². The number of benzene rings is 2. The van der Waals surface area contributed by atoms with Crippen molar-refractivity contribution in [1.29, 1.82) is 0 Å². The van der Waals surface area contributed by atoms with Crippen molar-refractivity contribution in [3.63, 3.8) is 0 Å². The maximum atomic E-state index is 12.8. The summed E-state index contributed by atoms with van der Waals surface area (Å²) in [6.45, 7) is 1.33. The van der Waals surface area contributed by atoms with Crippen LogP contribution in [-0.4, -0.2) is 40.0 Å². The summed E-state index contributed by atoms with van der Waals surface area (Å²) in [6, 6.07) is 14.8. The van der Waals surface area contributed by atoms with Crippen molar-refractivity contribution in [1.82, 2.24) is 15.6 Å². The number of aliphatic carboxylic acids is 1. The lowest BCUT2D eigenvalue weighted by atomic mass is 10.0. The zero-order valence-electron chi connectivity index (χ0n) is 16.0. The van der Waals surface area contributed by atoms with E-state index in [1.54, 1.807) is 6.20 Å². The number of carbonyl (C=O) groups is 3. The second-order valence-electron chi connectivity index (χ2n) is 6.91. The molecule has 0 saturated heterocycles. The SMILES string of the molecule is CC(=O)NC(Cc1ccccc1)C(=O)NC(Cc1c[nH]c2ccccc12)C(=O)O. The molecule has 0 radical (unpaired) electrons. The third kappa shape index (κ3) is 5.22. The first-order chi connectivity index (χ1) is 13.9. The van der Waals surface area contributed by atoms with Crippen molar-refractivity contribution < 1.29 is 19.5 Å². The minimum Gasteiger partial charge on any atom is -0.480 e. The van der Waals surface area contributed by atoms with Crippen LogP contribution < -0.4 is 10.6 Å². The molecule has 3 rings (SSSR count). The number of carboxylic acids is 1. The Balaban J connectivity index is 1.75. The number of amides is 2. The number of H-pyrrole nitrogens is 1. The molecule has 7 nitrogen and oxygen atoms in total. The molecule has 1 aromatic heterocycles. The third-order valence-corrected chi connectivity index (χ3v) is 4.69. The van der Waals surface area contributed by atoms with Crippen molar-refractivity contribution in [3.8, 4) is 0 Å². The highest BCUT2D eigenvalue weighted by Crippen LogP contribution is 2.19. The van der Waals surface area contributed by atoms with Crippen molar-refractivity contribution in [2.45, 2.75) is 31.8 Å². The molecule has 0 aliphatic rings. The molecule has 150 valence electrons. The summed E-state index contributed by atoms with van der Waals surface area (Å²) in [6.07, 6.45) is 2.15. The lowest BCUT2D eigenvalue weighted by Crippen LogP contribution is -2.52. The van der Waals surface area contributed by atoms with Crippen LogP contribution in [0.2, 0.25) is 0 Å². The number of carboxylic acid groups (broad SMARTS) is 1. The van der Waals surface area contributed by atoms with Crippen LogP contribution in [0.1, 0.15) is 18.1 Å². The van der Waals surface area contributed by atoms with Gasteiger partial charge in [0.15, 0.2) is 0 Å². The smallest absolute Gasteiger partial charge is 0.326 e. The fraction of sp³-hybridized carbons (Fsp3) is 0.227. The van der Waals surface area contributed by atoms with Crippen LogP contribution in [0.25, 0.3) is 10.9 Å². The van der Waals surface area contributed by atoms with E-state index < -0.39 is 24.0 Å². The Hall–Kier alpha value is -3.61. The van der Waals surface area contributed by atoms with Gasteiger partial charge in [-0.05, 0) is 17.2 Å². The molecule has 0 bridgehead atoms. The van der Waals surface area contributed by atoms with E-state index in [0.29, 0.717) is 0 Å². The summed E-state index contributed by atoms with van der Waals surface area (Å²) in [4.78, 5) is 39.2. The fourth-order valence-electron chi connectivity index (χ4n) is 3.30. The quantitative estimate of drug-likeness (QED) is 0.469. The lowest BCUT2D eigenvalue weighted by Gasteiger charge is -2.21. The zero-order chi connectivity index (χ0) is 20.8. The Labute approximate surface area is 168 Å². The largest absolute Gasteiger partial charge is 0.480 e. The highest BCUT2D eigenvalue weighted by Gasteiger charge is 2.27. The molecule has 0 aliphatic heterocycles. The first-order valence-corrected chi connectivity index (χ1v) is 9.33. The molecule has 2 atom stereocenters. The van der Waals surface area contributed by atoms with E-state index in [1.165, 1.54) is 6.92 Å². The molecule has 29 heavy (non-hydrogen) atoms. The lowest BCUT2D eigenvalue weighted by molar-refractivity contribution is -0.142. The van der Waals surface area contributed by atoms with Crippen LogP contribution >= 0.6 is 0 Å². The minimum atomic E-state index is -1.13. The molecule has 7 heteroatoms. The predicted molar refractivity (Wildman–Crippen MR) is 109 cm³/mol. The second kappa shape index (κ2) is 9.05. The van der Waals surface area contributed by atoms with Crippen molar-refractivity contribution in [3.05, 3.63) is 71.9 Å². The average molecular weight is 393 g/mol. The number of rotatable bonds is 8. The normalized spacial score (nSPS) is 12.9. The number of aromatic nitrogens is 1. The molecule has 3 aromatic rings. The molecule has 2 unspecified atom stereocenters. The van der Waals surface area contributed by atoms with Gasteiger partial charge in [0.1, 0.15) is 12.1 Å². The molecular formula is C22H23N3O4. The summed E-state index contributed by atoms with van der Waals surface area (Å²) in [5, 5.41) is 15.7. The Morgan fingerprint density at radius 2 is 1.62 bits per heavy atom. The van der Waals surface area contributed by atoms with E-state index in [2.05, 4.69) is 15.6 Å². The van der Waals surface area contributed by atoms with Gasteiger partial charge in [-0.3, -0.25) is 9.59 Å². The van der Waals surface area contributed by atoms with Gasteiger partial charge in [0.2, 0.25) is 11.8 Å².